The molecule has 0 aromatic carbocycles. The molecule has 2 aliphatic rings. The molecule has 5 nitrogen and oxygen atoms in total. The Morgan fingerprint density at radius 2 is 2.29 bits per heavy atom. The molecule has 2 saturated heterocycles. The fraction of sp³-hybridized carbons (Fsp3) is 0.818. The van der Waals surface area contributed by atoms with Crippen molar-refractivity contribution in [3.05, 3.63) is 0 Å². The Labute approximate surface area is 105 Å². The minimum Gasteiger partial charge on any atom is -0.480 e. The molecule has 2 aliphatic heterocycles. The number of rotatable bonds is 3. The number of nitrogens with one attached hydrogen (secondary N) is 1. The molecular formula is C11H18N2O3S. The van der Waals surface area contributed by atoms with Crippen LogP contribution < -0.4 is 5.32 Å². The first-order valence-electron chi connectivity index (χ1n) is 6.05. The van der Waals surface area contributed by atoms with Gasteiger partial charge in [0.25, 0.3) is 0 Å². The quantitative estimate of drug-likeness (QED) is 0.771. The van der Waals surface area contributed by atoms with Crippen molar-refractivity contribution in [1.29, 1.82) is 0 Å². The Kier molecular flexibility index (Phi) is 3.93. The molecule has 0 radical (unpaired) electrons. The number of carbonyl (C=O) groups is 2. The Bertz CT molecular complexity index is 318. The topological polar surface area (TPSA) is 69.6 Å². The lowest BCUT2D eigenvalue weighted by Crippen LogP contribution is -2.51. The average molecular weight is 258 g/mol. The molecule has 0 aromatic rings. The third-order valence-corrected chi connectivity index (χ3v) is 4.79. The zero-order valence-corrected chi connectivity index (χ0v) is 10.7. The van der Waals surface area contributed by atoms with E-state index in [1.807, 2.05) is 6.92 Å². The largest absolute Gasteiger partial charge is 0.480 e. The Hall–Kier alpha value is -0.750. The summed E-state index contributed by atoms with van der Waals surface area (Å²) in [5, 5.41) is 12.3. The molecule has 0 aromatic heterocycles. The summed E-state index contributed by atoms with van der Waals surface area (Å²) in [5.74, 6) is -0.418. The van der Waals surface area contributed by atoms with E-state index in [2.05, 4.69) is 5.32 Å². The van der Waals surface area contributed by atoms with Crippen molar-refractivity contribution < 1.29 is 14.7 Å². The first-order valence-corrected chi connectivity index (χ1v) is 7.10. The number of carboxylic acids is 1. The van der Waals surface area contributed by atoms with Gasteiger partial charge < -0.3 is 15.3 Å². The fourth-order valence-electron chi connectivity index (χ4n) is 2.44. The van der Waals surface area contributed by atoms with Gasteiger partial charge in [-0.25, -0.2) is 4.79 Å². The maximum absolute atomic E-state index is 12.3. The number of hydrogen-bond donors (Lipinski definition) is 2. The lowest BCUT2D eigenvalue weighted by molar-refractivity contribution is -0.149. The van der Waals surface area contributed by atoms with Gasteiger partial charge in [0, 0.05) is 5.75 Å². The maximum atomic E-state index is 12.3. The van der Waals surface area contributed by atoms with Gasteiger partial charge in [0.05, 0.1) is 11.4 Å². The van der Waals surface area contributed by atoms with Gasteiger partial charge in [0.15, 0.2) is 0 Å². The normalized spacial score (nSPS) is 33.0. The SMILES string of the molecule is CCC1SCC(C(=O)O)N1C(=O)[C@@H]1CCCN1. The van der Waals surface area contributed by atoms with Crippen LogP contribution in [0.15, 0.2) is 0 Å². The van der Waals surface area contributed by atoms with Crippen LogP contribution in [0.4, 0.5) is 0 Å². The van der Waals surface area contributed by atoms with Gasteiger partial charge in [-0.05, 0) is 25.8 Å². The second-order valence-corrected chi connectivity index (χ2v) is 5.66. The molecule has 2 rings (SSSR count). The second-order valence-electron chi connectivity index (χ2n) is 4.44. The van der Waals surface area contributed by atoms with Gasteiger partial charge in [-0.1, -0.05) is 6.92 Å². The Morgan fingerprint density at radius 3 is 2.82 bits per heavy atom. The zero-order chi connectivity index (χ0) is 12.4. The van der Waals surface area contributed by atoms with E-state index < -0.39 is 12.0 Å². The van der Waals surface area contributed by atoms with E-state index >= 15 is 0 Å². The van der Waals surface area contributed by atoms with E-state index in [0.29, 0.717) is 5.75 Å². The van der Waals surface area contributed by atoms with Crippen molar-refractivity contribution in [3.63, 3.8) is 0 Å². The third-order valence-electron chi connectivity index (χ3n) is 3.34. The molecule has 3 atom stereocenters. The summed E-state index contributed by atoms with van der Waals surface area (Å²) < 4.78 is 0. The lowest BCUT2D eigenvalue weighted by Gasteiger charge is -2.29. The number of carboxylic acid groups (broad SMARTS) is 1. The molecule has 6 heteroatoms. The summed E-state index contributed by atoms with van der Waals surface area (Å²) in [6, 6.07) is -0.829. The molecule has 17 heavy (non-hydrogen) atoms. The number of hydrogen-bond acceptors (Lipinski definition) is 4. The third kappa shape index (κ3) is 2.42. The van der Waals surface area contributed by atoms with Crippen molar-refractivity contribution >= 4 is 23.6 Å². The van der Waals surface area contributed by atoms with E-state index in [0.717, 1.165) is 25.8 Å². The zero-order valence-electron chi connectivity index (χ0n) is 9.89. The van der Waals surface area contributed by atoms with Crippen LogP contribution in [0, 0.1) is 0 Å². The molecule has 1 amide bonds. The van der Waals surface area contributed by atoms with Crippen LogP contribution in [0.1, 0.15) is 26.2 Å². The van der Waals surface area contributed by atoms with Gasteiger partial charge >= 0.3 is 5.97 Å². The highest BCUT2D eigenvalue weighted by Crippen LogP contribution is 2.32. The fourth-order valence-corrected chi connectivity index (χ4v) is 3.79. The van der Waals surface area contributed by atoms with Crippen molar-refractivity contribution in [2.24, 2.45) is 0 Å². The molecule has 0 spiro atoms. The van der Waals surface area contributed by atoms with E-state index in [1.54, 1.807) is 16.7 Å². The standard InChI is InChI=1S/C11H18N2O3S/c1-2-9-13(8(6-17-9)11(15)16)10(14)7-4-3-5-12-7/h7-9,12H,2-6H2,1H3,(H,15,16)/t7-,8?,9?/m0/s1. The van der Waals surface area contributed by atoms with Gasteiger partial charge in [-0.2, -0.15) is 0 Å². The second kappa shape index (κ2) is 5.27. The smallest absolute Gasteiger partial charge is 0.327 e. The predicted octanol–water partition coefficient (Wildman–Crippen LogP) is 0.503. The number of thioether (sulfide) groups is 1. The van der Waals surface area contributed by atoms with E-state index in [-0.39, 0.29) is 17.3 Å². The minimum atomic E-state index is -0.889. The van der Waals surface area contributed by atoms with Crippen LogP contribution in [0.25, 0.3) is 0 Å². The van der Waals surface area contributed by atoms with E-state index in [9.17, 15) is 9.59 Å². The van der Waals surface area contributed by atoms with Crippen LogP contribution in [-0.2, 0) is 9.59 Å². The first-order chi connectivity index (χ1) is 8.15. The van der Waals surface area contributed by atoms with Gasteiger partial charge in [-0.15, -0.1) is 11.8 Å². The summed E-state index contributed by atoms with van der Waals surface area (Å²) in [7, 11) is 0. The highest BCUT2D eigenvalue weighted by atomic mass is 32.2. The molecule has 0 bridgehead atoms. The molecule has 2 N–H and O–H groups in total. The summed E-state index contributed by atoms with van der Waals surface area (Å²) in [5.41, 5.74) is 0. The predicted molar refractivity (Wildman–Crippen MR) is 65.8 cm³/mol. The van der Waals surface area contributed by atoms with Crippen LogP contribution in [0.2, 0.25) is 0 Å². The number of aliphatic carboxylic acids is 1. The van der Waals surface area contributed by atoms with Crippen molar-refractivity contribution in [1.82, 2.24) is 10.2 Å². The van der Waals surface area contributed by atoms with Crippen LogP contribution in [0.3, 0.4) is 0 Å². The number of amides is 1. The van der Waals surface area contributed by atoms with Crippen molar-refractivity contribution in [2.45, 2.75) is 43.6 Å². The average Bonchev–Trinajstić information content (AvgIpc) is 2.96. The summed E-state index contributed by atoms with van der Waals surface area (Å²) in [4.78, 5) is 25.1. The molecule has 2 heterocycles. The van der Waals surface area contributed by atoms with Gasteiger partial charge in [0.2, 0.25) is 5.91 Å². The van der Waals surface area contributed by atoms with Crippen LogP contribution in [-0.4, -0.2) is 51.6 Å². The minimum absolute atomic E-state index is 0.0194. The van der Waals surface area contributed by atoms with Crippen LogP contribution in [0.5, 0.6) is 0 Å². The summed E-state index contributed by atoms with van der Waals surface area (Å²) in [6.45, 7) is 2.84. The van der Waals surface area contributed by atoms with Crippen molar-refractivity contribution in [3.8, 4) is 0 Å². The van der Waals surface area contributed by atoms with Crippen molar-refractivity contribution in [2.75, 3.05) is 12.3 Å². The maximum Gasteiger partial charge on any atom is 0.327 e. The highest BCUT2D eigenvalue weighted by molar-refractivity contribution is 8.00. The van der Waals surface area contributed by atoms with Gasteiger partial charge in [0.1, 0.15) is 6.04 Å². The lowest BCUT2D eigenvalue weighted by atomic mass is 10.1. The van der Waals surface area contributed by atoms with Crippen LogP contribution >= 0.6 is 11.8 Å². The first kappa shape index (κ1) is 12.7. The number of nitrogens with zero attached hydrogens (tertiary/aromatic N) is 1. The molecule has 96 valence electrons. The molecule has 0 aliphatic carbocycles. The number of carbonyl (C=O) groups excluding carboxylic acids is 1. The van der Waals surface area contributed by atoms with E-state index in [1.165, 1.54) is 0 Å². The monoisotopic (exact) mass is 258 g/mol. The Morgan fingerprint density at radius 1 is 1.53 bits per heavy atom. The van der Waals surface area contributed by atoms with Gasteiger partial charge in [-0.3, -0.25) is 4.79 Å². The molecular weight excluding hydrogens is 240 g/mol. The van der Waals surface area contributed by atoms with E-state index in [4.69, 9.17) is 5.11 Å². The highest BCUT2D eigenvalue weighted by Gasteiger charge is 2.43. The molecule has 2 unspecified atom stereocenters. The molecule has 2 fully saturated rings. The summed E-state index contributed by atoms with van der Waals surface area (Å²) >= 11 is 1.57. The summed E-state index contributed by atoms with van der Waals surface area (Å²) in [6.07, 6.45) is 2.61. The Balaban J connectivity index is 2.12. The molecule has 0 saturated carbocycles.